The molecule has 4 nitrogen and oxygen atoms in total. The molecular weight excluding hydrogens is 236 g/mol. The van der Waals surface area contributed by atoms with Crippen molar-refractivity contribution in [1.82, 2.24) is 9.62 Å². The van der Waals surface area contributed by atoms with Gasteiger partial charge in [-0.3, -0.25) is 0 Å². The summed E-state index contributed by atoms with van der Waals surface area (Å²) < 4.78 is 25.3. The molecule has 102 valence electrons. The van der Waals surface area contributed by atoms with Gasteiger partial charge in [-0.2, -0.15) is 0 Å². The van der Waals surface area contributed by atoms with Gasteiger partial charge in [-0.1, -0.05) is 34.6 Å². The number of sulfonamides is 1. The van der Waals surface area contributed by atoms with Gasteiger partial charge >= 0.3 is 0 Å². The fourth-order valence-electron chi connectivity index (χ4n) is 2.08. The number of hydrogen-bond acceptors (Lipinski definition) is 3. The second-order valence-corrected chi connectivity index (χ2v) is 8.36. The highest BCUT2D eigenvalue weighted by Crippen LogP contribution is 2.23. The highest BCUT2D eigenvalue weighted by molar-refractivity contribution is 7.89. The van der Waals surface area contributed by atoms with Crippen LogP contribution in [0.3, 0.4) is 0 Å². The maximum Gasteiger partial charge on any atom is 0.214 e. The summed E-state index contributed by atoms with van der Waals surface area (Å²) in [7, 11) is -2.98. The Labute approximate surface area is 106 Å². The number of nitrogens with zero attached hydrogens (tertiary/aromatic N) is 1. The largest absolute Gasteiger partial charge is 0.310 e. The van der Waals surface area contributed by atoms with Gasteiger partial charge in [-0.25, -0.2) is 12.7 Å². The normalized spacial score (nSPS) is 23.2. The molecular formula is C12H26N2O2S. The van der Waals surface area contributed by atoms with Crippen LogP contribution in [-0.2, 0) is 10.0 Å². The summed E-state index contributed by atoms with van der Waals surface area (Å²) >= 11 is 0. The predicted octanol–water partition coefficient (Wildman–Crippen LogP) is 1.43. The topological polar surface area (TPSA) is 49.4 Å². The summed E-state index contributed by atoms with van der Waals surface area (Å²) in [4.78, 5) is 0. The second kappa shape index (κ2) is 5.24. The van der Waals surface area contributed by atoms with Crippen LogP contribution < -0.4 is 5.32 Å². The van der Waals surface area contributed by atoms with Crippen LogP contribution in [0.1, 0.15) is 41.0 Å². The van der Waals surface area contributed by atoms with E-state index in [0.29, 0.717) is 24.9 Å². The van der Waals surface area contributed by atoms with Crippen molar-refractivity contribution in [2.45, 2.75) is 53.1 Å². The Morgan fingerprint density at radius 1 is 1.29 bits per heavy atom. The Balaban J connectivity index is 2.73. The zero-order chi connectivity index (χ0) is 13.3. The Morgan fingerprint density at radius 3 is 2.24 bits per heavy atom. The zero-order valence-electron chi connectivity index (χ0n) is 11.7. The summed E-state index contributed by atoms with van der Waals surface area (Å²) in [5, 5.41) is 3.48. The average Bonchev–Trinajstić information content (AvgIpc) is 2.42. The van der Waals surface area contributed by atoms with Crippen LogP contribution in [0.4, 0.5) is 0 Å². The smallest absolute Gasteiger partial charge is 0.214 e. The van der Waals surface area contributed by atoms with Crippen LogP contribution in [0.15, 0.2) is 0 Å². The summed E-state index contributed by atoms with van der Waals surface area (Å²) in [6.45, 7) is 11.9. The molecule has 1 aliphatic rings. The lowest BCUT2D eigenvalue weighted by Crippen LogP contribution is -2.51. The molecule has 1 rings (SSSR count). The van der Waals surface area contributed by atoms with Gasteiger partial charge < -0.3 is 5.32 Å². The fraction of sp³-hybridized carbons (Fsp3) is 1.00. The number of hydrogen-bond donors (Lipinski definition) is 1. The lowest BCUT2D eigenvalue weighted by atomic mass is 9.86. The van der Waals surface area contributed by atoms with E-state index in [1.807, 2.05) is 0 Å². The van der Waals surface area contributed by atoms with Crippen LogP contribution >= 0.6 is 0 Å². The molecule has 0 aromatic rings. The van der Waals surface area contributed by atoms with E-state index in [2.05, 4.69) is 39.9 Å². The van der Waals surface area contributed by atoms with Crippen molar-refractivity contribution in [1.29, 1.82) is 0 Å². The van der Waals surface area contributed by atoms with Crippen molar-refractivity contribution in [3.05, 3.63) is 0 Å². The molecule has 0 bridgehead atoms. The van der Waals surface area contributed by atoms with Crippen molar-refractivity contribution in [3.8, 4) is 0 Å². The first-order chi connectivity index (χ1) is 7.63. The fourth-order valence-corrected chi connectivity index (χ4v) is 3.61. The van der Waals surface area contributed by atoms with Gasteiger partial charge in [0.15, 0.2) is 0 Å². The minimum absolute atomic E-state index is 0.0579. The molecule has 0 spiro atoms. The Hall–Kier alpha value is -0.130. The van der Waals surface area contributed by atoms with Gasteiger partial charge in [0.1, 0.15) is 0 Å². The average molecular weight is 262 g/mol. The number of nitrogens with one attached hydrogen (secondary N) is 1. The van der Waals surface area contributed by atoms with Crippen molar-refractivity contribution in [3.63, 3.8) is 0 Å². The van der Waals surface area contributed by atoms with E-state index < -0.39 is 10.0 Å². The molecule has 0 aliphatic carbocycles. The van der Waals surface area contributed by atoms with Crippen molar-refractivity contribution in [2.24, 2.45) is 5.41 Å². The molecule has 0 unspecified atom stereocenters. The van der Waals surface area contributed by atoms with Gasteiger partial charge in [-0.15, -0.1) is 0 Å². The third-order valence-electron chi connectivity index (χ3n) is 3.17. The molecule has 1 atom stereocenters. The van der Waals surface area contributed by atoms with E-state index in [0.717, 1.165) is 6.42 Å². The molecule has 5 heteroatoms. The van der Waals surface area contributed by atoms with Crippen molar-refractivity contribution < 1.29 is 8.42 Å². The lowest BCUT2D eigenvalue weighted by Gasteiger charge is -2.35. The zero-order valence-corrected chi connectivity index (χ0v) is 12.5. The standard InChI is InChI=1S/C12H26N2O2S/c1-10(2)13-11(12(3,4)5)9-14-7-6-8-17(14,15)16/h10-11,13H,6-9H2,1-5H3/t11-/m1/s1. The highest BCUT2D eigenvalue weighted by atomic mass is 32.2. The Bertz CT molecular complexity index is 344. The van der Waals surface area contributed by atoms with Crippen LogP contribution in [-0.4, -0.2) is 43.6 Å². The Kier molecular flexibility index (Phi) is 4.60. The molecule has 17 heavy (non-hydrogen) atoms. The summed E-state index contributed by atoms with van der Waals surface area (Å²) in [6, 6.07) is 0.555. The van der Waals surface area contributed by atoms with E-state index in [1.54, 1.807) is 4.31 Å². The van der Waals surface area contributed by atoms with Crippen molar-refractivity contribution in [2.75, 3.05) is 18.8 Å². The van der Waals surface area contributed by atoms with E-state index >= 15 is 0 Å². The molecule has 1 saturated heterocycles. The molecule has 0 aromatic heterocycles. The maximum absolute atomic E-state index is 11.8. The molecule has 1 N–H and O–H groups in total. The van der Waals surface area contributed by atoms with Gasteiger partial charge in [0.2, 0.25) is 10.0 Å². The molecule has 0 aromatic carbocycles. The SMILES string of the molecule is CC(C)N[C@H](CN1CCCS1(=O)=O)C(C)(C)C. The van der Waals surface area contributed by atoms with E-state index in [-0.39, 0.29) is 11.5 Å². The predicted molar refractivity (Wildman–Crippen MR) is 71.5 cm³/mol. The summed E-state index contributed by atoms with van der Waals surface area (Å²) in [5.74, 6) is 0.311. The van der Waals surface area contributed by atoms with Crippen LogP contribution in [0.5, 0.6) is 0 Å². The monoisotopic (exact) mass is 262 g/mol. The molecule has 0 amide bonds. The third-order valence-corrected chi connectivity index (χ3v) is 5.09. The quantitative estimate of drug-likeness (QED) is 0.834. The Morgan fingerprint density at radius 2 is 1.88 bits per heavy atom. The van der Waals surface area contributed by atoms with Crippen molar-refractivity contribution >= 4 is 10.0 Å². The van der Waals surface area contributed by atoms with Gasteiger partial charge in [-0.05, 0) is 11.8 Å². The lowest BCUT2D eigenvalue weighted by molar-refractivity contribution is 0.217. The first-order valence-corrected chi connectivity index (χ1v) is 7.98. The van der Waals surface area contributed by atoms with E-state index in [9.17, 15) is 8.42 Å². The second-order valence-electron chi connectivity index (χ2n) is 6.27. The first kappa shape index (κ1) is 14.9. The molecule has 1 fully saturated rings. The number of rotatable bonds is 4. The summed E-state index contributed by atoms with van der Waals surface area (Å²) in [5.41, 5.74) is 0.0579. The molecule has 0 saturated carbocycles. The van der Waals surface area contributed by atoms with E-state index in [1.165, 1.54) is 0 Å². The minimum Gasteiger partial charge on any atom is -0.310 e. The maximum atomic E-state index is 11.8. The molecule has 1 aliphatic heterocycles. The summed E-state index contributed by atoms with van der Waals surface area (Å²) in [6.07, 6.45) is 0.765. The van der Waals surface area contributed by atoms with Crippen LogP contribution in [0.25, 0.3) is 0 Å². The molecule has 1 heterocycles. The third kappa shape index (κ3) is 4.23. The van der Waals surface area contributed by atoms with Crippen LogP contribution in [0.2, 0.25) is 0 Å². The highest BCUT2D eigenvalue weighted by Gasteiger charge is 2.34. The van der Waals surface area contributed by atoms with Gasteiger partial charge in [0.05, 0.1) is 5.75 Å². The van der Waals surface area contributed by atoms with E-state index in [4.69, 9.17) is 0 Å². The van der Waals surface area contributed by atoms with Crippen LogP contribution in [0, 0.1) is 5.41 Å². The van der Waals surface area contributed by atoms with Gasteiger partial charge in [0.25, 0.3) is 0 Å². The first-order valence-electron chi connectivity index (χ1n) is 6.37. The van der Waals surface area contributed by atoms with Gasteiger partial charge in [0, 0.05) is 25.2 Å². The minimum atomic E-state index is -2.98. The molecule has 0 radical (unpaired) electrons.